The van der Waals surface area contributed by atoms with Crippen molar-refractivity contribution in [3.8, 4) is 0 Å². The van der Waals surface area contributed by atoms with Gasteiger partial charge in [0, 0.05) is 12.8 Å². The molecule has 0 rings (SSSR count). The zero-order valence-electron chi connectivity index (χ0n) is 42.8. The van der Waals surface area contributed by atoms with Crippen LogP contribution in [0.5, 0.6) is 0 Å². The normalized spacial score (nSPS) is 12.9. The maximum absolute atomic E-state index is 12.4. The molecule has 0 aromatic carbocycles. The van der Waals surface area contributed by atoms with E-state index in [0.29, 0.717) is 25.9 Å². The van der Waals surface area contributed by atoms with Gasteiger partial charge in [-0.25, -0.2) is 0 Å². The lowest BCUT2D eigenvalue weighted by Gasteiger charge is -2.22. The Morgan fingerprint density at radius 2 is 0.781 bits per heavy atom. The monoisotopic (exact) mass is 900 g/mol. The van der Waals surface area contributed by atoms with Crippen molar-refractivity contribution >= 4 is 11.9 Å². The highest BCUT2D eigenvalue weighted by molar-refractivity contribution is 5.76. The molecule has 0 fully saturated rings. The van der Waals surface area contributed by atoms with E-state index in [1.807, 2.05) is 0 Å². The number of amides is 1. The van der Waals surface area contributed by atoms with E-state index in [1.165, 1.54) is 212 Å². The van der Waals surface area contributed by atoms with Crippen molar-refractivity contribution in [3.63, 3.8) is 0 Å². The van der Waals surface area contributed by atoms with Crippen molar-refractivity contribution in [1.29, 1.82) is 0 Å². The molecule has 6 nitrogen and oxygen atoms in total. The first-order valence-electron chi connectivity index (χ1n) is 28.2. The summed E-state index contributed by atoms with van der Waals surface area (Å²) in [5.74, 6) is -0.0446. The van der Waals surface area contributed by atoms with Gasteiger partial charge in [-0.2, -0.15) is 0 Å². The second-order valence-corrected chi connectivity index (χ2v) is 19.3. The molecule has 0 aromatic heterocycles. The molecule has 3 N–H and O–H groups in total. The smallest absolute Gasteiger partial charge is 0.305 e. The summed E-state index contributed by atoms with van der Waals surface area (Å²) in [5.41, 5.74) is 0. The minimum Gasteiger partial charge on any atom is -0.466 e. The van der Waals surface area contributed by atoms with Crippen LogP contribution >= 0.6 is 0 Å². The van der Waals surface area contributed by atoms with E-state index in [9.17, 15) is 19.8 Å². The Hall–Kier alpha value is -1.92. The SMILES string of the molecule is CCCCCC/C=C\CCCCCCCC(=O)OCCCCCCCCCCC/C=C\C/C=C\CCCCCCCCCCCC(=O)NC(CO)C(O)CCCCCCCCCCC. The number of hydrogen-bond donors (Lipinski definition) is 3. The third-order valence-corrected chi connectivity index (χ3v) is 12.9. The molecule has 0 aliphatic carbocycles. The maximum Gasteiger partial charge on any atom is 0.305 e. The van der Waals surface area contributed by atoms with Crippen molar-refractivity contribution in [2.45, 2.75) is 309 Å². The minimum absolute atomic E-state index is 0.000766. The molecule has 0 aromatic rings. The summed E-state index contributed by atoms with van der Waals surface area (Å²) in [6, 6.07) is -0.544. The number of ether oxygens (including phenoxy) is 1. The number of allylic oxidation sites excluding steroid dienone is 6. The van der Waals surface area contributed by atoms with Crippen molar-refractivity contribution in [3.05, 3.63) is 36.5 Å². The number of hydrogen-bond acceptors (Lipinski definition) is 5. The number of rotatable bonds is 52. The van der Waals surface area contributed by atoms with Crippen LogP contribution in [0.2, 0.25) is 0 Å². The summed E-state index contributed by atoms with van der Waals surface area (Å²) in [7, 11) is 0. The van der Waals surface area contributed by atoms with Crippen LogP contribution in [0, 0.1) is 0 Å². The molecule has 2 unspecified atom stereocenters. The van der Waals surface area contributed by atoms with Gasteiger partial charge < -0.3 is 20.3 Å². The first-order valence-corrected chi connectivity index (χ1v) is 28.2. The van der Waals surface area contributed by atoms with E-state index in [4.69, 9.17) is 4.74 Å². The van der Waals surface area contributed by atoms with E-state index >= 15 is 0 Å². The van der Waals surface area contributed by atoms with Crippen LogP contribution < -0.4 is 5.32 Å². The van der Waals surface area contributed by atoms with Crippen LogP contribution in [-0.2, 0) is 14.3 Å². The molecule has 6 heteroatoms. The molecule has 0 spiro atoms. The van der Waals surface area contributed by atoms with Gasteiger partial charge in [0.15, 0.2) is 0 Å². The number of unbranched alkanes of at least 4 members (excludes halogenated alkanes) is 35. The standard InChI is InChI=1S/C58H109NO5/c1-3-5-7-9-11-13-14-28-32-36-40-44-48-52-58(63)64-53-49-45-41-37-33-30-27-25-23-21-19-17-15-16-18-20-22-24-26-29-31-35-39-43-47-51-57(62)59-55(54-60)56(61)50-46-42-38-34-12-10-8-6-4-2/h13-14,16-19,55-56,60-61H,3-12,15,20-54H2,1-2H3,(H,59,62)/b14-13-,18-16-,19-17-. The van der Waals surface area contributed by atoms with Gasteiger partial charge in [0.25, 0.3) is 0 Å². The van der Waals surface area contributed by atoms with Crippen molar-refractivity contribution in [2.75, 3.05) is 13.2 Å². The number of carbonyl (C=O) groups excluding carboxylic acids is 2. The van der Waals surface area contributed by atoms with Crippen molar-refractivity contribution in [1.82, 2.24) is 5.32 Å². The summed E-state index contributed by atoms with van der Waals surface area (Å²) in [6.45, 7) is 4.91. The molecule has 0 aliphatic heterocycles. The fraction of sp³-hybridized carbons (Fsp3) is 0.862. The van der Waals surface area contributed by atoms with Crippen LogP contribution in [0.1, 0.15) is 296 Å². The van der Waals surface area contributed by atoms with Gasteiger partial charge >= 0.3 is 5.97 Å². The molecular formula is C58H109NO5. The second kappa shape index (κ2) is 53.7. The lowest BCUT2D eigenvalue weighted by Crippen LogP contribution is -2.45. The summed E-state index contributed by atoms with van der Waals surface area (Å²) in [6.07, 6.45) is 65.7. The third-order valence-electron chi connectivity index (χ3n) is 12.9. The molecule has 0 radical (unpaired) electrons. The number of esters is 1. The highest BCUT2D eigenvalue weighted by Crippen LogP contribution is 2.16. The van der Waals surface area contributed by atoms with Gasteiger partial charge in [-0.15, -0.1) is 0 Å². The quantitative estimate of drug-likeness (QED) is 0.0321. The van der Waals surface area contributed by atoms with Crippen LogP contribution in [0.15, 0.2) is 36.5 Å². The van der Waals surface area contributed by atoms with Gasteiger partial charge in [0.2, 0.25) is 5.91 Å². The minimum atomic E-state index is -0.666. The summed E-state index contributed by atoms with van der Waals surface area (Å²) in [5, 5.41) is 23.1. The second-order valence-electron chi connectivity index (χ2n) is 19.3. The lowest BCUT2D eigenvalue weighted by atomic mass is 10.0. The first-order chi connectivity index (χ1) is 31.5. The highest BCUT2D eigenvalue weighted by atomic mass is 16.5. The molecule has 64 heavy (non-hydrogen) atoms. The Morgan fingerprint density at radius 1 is 0.438 bits per heavy atom. The Bertz CT molecular complexity index is 1040. The Morgan fingerprint density at radius 3 is 1.22 bits per heavy atom. The Balaban J connectivity index is 3.42. The van der Waals surface area contributed by atoms with E-state index in [2.05, 4.69) is 55.6 Å². The van der Waals surface area contributed by atoms with Gasteiger partial charge in [-0.05, 0) is 83.5 Å². The van der Waals surface area contributed by atoms with Crippen molar-refractivity contribution < 1.29 is 24.5 Å². The summed E-state index contributed by atoms with van der Waals surface area (Å²) >= 11 is 0. The van der Waals surface area contributed by atoms with E-state index in [0.717, 1.165) is 51.4 Å². The topological polar surface area (TPSA) is 95.9 Å². The molecule has 0 heterocycles. The van der Waals surface area contributed by atoms with Crippen LogP contribution in [0.4, 0.5) is 0 Å². The summed E-state index contributed by atoms with van der Waals surface area (Å²) < 4.78 is 5.46. The maximum atomic E-state index is 12.4. The average molecular weight is 901 g/mol. The van der Waals surface area contributed by atoms with Gasteiger partial charge in [0.1, 0.15) is 0 Å². The molecule has 1 amide bonds. The molecule has 2 atom stereocenters. The predicted molar refractivity (Wildman–Crippen MR) is 278 cm³/mol. The largest absolute Gasteiger partial charge is 0.466 e. The summed E-state index contributed by atoms with van der Waals surface area (Å²) in [4.78, 5) is 24.4. The lowest BCUT2D eigenvalue weighted by molar-refractivity contribution is -0.143. The zero-order chi connectivity index (χ0) is 46.5. The van der Waals surface area contributed by atoms with E-state index in [-0.39, 0.29) is 18.5 Å². The molecule has 0 saturated heterocycles. The fourth-order valence-corrected chi connectivity index (χ4v) is 8.55. The van der Waals surface area contributed by atoms with Gasteiger partial charge in [-0.1, -0.05) is 237 Å². The Labute approximate surface area is 398 Å². The van der Waals surface area contributed by atoms with Gasteiger partial charge in [-0.3, -0.25) is 9.59 Å². The van der Waals surface area contributed by atoms with Crippen molar-refractivity contribution in [2.24, 2.45) is 0 Å². The van der Waals surface area contributed by atoms with E-state index in [1.54, 1.807) is 0 Å². The fourth-order valence-electron chi connectivity index (χ4n) is 8.55. The molecular weight excluding hydrogens is 791 g/mol. The molecule has 376 valence electrons. The van der Waals surface area contributed by atoms with Gasteiger partial charge in [0.05, 0.1) is 25.4 Å². The first kappa shape index (κ1) is 62.1. The number of nitrogens with one attached hydrogen (secondary N) is 1. The van der Waals surface area contributed by atoms with Crippen LogP contribution in [-0.4, -0.2) is 47.4 Å². The number of aliphatic hydroxyl groups excluding tert-OH is 2. The zero-order valence-corrected chi connectivity index (χ0v) is 42.8. The molecule has 0 saturated carbocycles. The highest BCUT2D eigenvalue weighted by Gasteiger charge is 2.20. The Kier molecular flexibility index (Phi) is 52.1. The number of aliphatic hydroxyl groups is 2. The molecule has 0 bridgehead atoms. The number of carbonyl (C=O) groups is 2. The van der Waals surface area contributed by atoms with Crippen LogP contribution in [0.3, 0.4) is 0 Å². The molecule has 0 aliphatic rings. The van der Waals surface area contributed by atoms with Crippen LogP contribution in [0.25, 0.3) is 0 Å². The third kappa shape index (κ3) is 49.5. The predicted octanol–water partition coefficient (Wildman–Crippen LogP) is 17.2. The average Bonchev–Trinajstić information content (AvgIpc) is 3.29. The van der Waals surface area contributed by atoms with E-state index < -0.39 is 12.1 Å².